The molecule has 2 atom stereocenters. The van der Waals surface area contributed by atoms with Gasteiger partial charge in [0.2, 0.25) is 5.91 Å². The fourth-order valence-electron chi connectivity index (χ4n) is 2.76. The first-order valence-corrected chi connectivity index (χ1v) is 7.37. The van der Waals surface area contributed by atoms with Crippen LogP contribution in [0.4, 0.5) is 5.69 Å². The van der Waals surface area contributed by atoms with Crippen molar-refractivity contribution in [3.63, 3.8) is 0 Å². The van der Waals surface area contributed by atoms with Crippen LogP contribution in [0.15, 0.2) is 35.5 Å². The Kier molecular flexibility index (Phi) is 3.55. The summed E-state index contributed by atoms with van der Waals surface area (Å²) in [5.41, 5.74) is 1.97. The molecule has 98 valence electrons. The van der Waals surface area contributed by atoms with Gasteiger partial charge in [0.25, 0.3) is 0 Å². The third-order valence-corrected chi connectivity index (χ3v) is 4.35. The zero-order chi connectivity index (χ0) is 13.1. The maximum atomic E-state index is 12.4. The van der Waals surface area contributed by atoms with Crippen molar-refractivity contribution in [1.29, 1.82) is 0 Å². The van der Waals surface area contributed by atoms with Crippen LogP contribution in [0.25, 0.3) is 0 Å². The second kappa shape index (κ2) is 5.48. The van der Waals surface area contributed by atoms with Gasteiger partial charge in [-0.15, -0.1) is 0 Å². The van der Waals surface area contributed by atoms with Crippen LogP contribution in [-0.2, 0) is 4.79 Å². The van der Waals surface area contributed by atoms with Gasteiger partial charge in [-0.25, -0.2) is 9.97 Å². The largest absolute Gasteiger partial charge is 0.323 e. The number of hydrogen-bond acceptors (Lipinski definition) is 4. The Morgan fingerprint density at radius 3 is 2.89 bits per heavy atom. The molecule has 19 heavy (non-hydrogen) atoms. The van der Waals surface area contributed by atoms with Crippen molar-refractivity contribution in [3.8, 4) is 0 Å². The zero-order valence-corrected chi connectivity index (χ0v) is 11.3. The van der Waals surface area contributed by atoms with Gasteiger partial charge in [-0.05, 0) is 41.1 Å². The van der Waals surface area contributed by atoms with Gasteiger partial charge in [-0.3, -0.25) is 4.79 Å². The van der Waals surface area contributed by atoms with Crippen LogP contribution in [0.1, 0.15) is 30.7 Å². The first-order valence-electron chi connectivity index (χ1n) is 6.42. The summed E-state index contributed by atoms with van der Waals surface area (Å²) < 4.78 is 0. The normalized spacial score (nSPS) is 22.3. The molecule has 0 radical (unpaired) electrons. The standard InChI is InChI=1S/C14H15N3OS/c18-14(17-11-6-15-9-16-7-11)13-3-1-2-12(13)10-4-5-19-8-10/h4-9,12-13H,1-3H2,(H,17,18)/t12-,13-/m0/s1. The summed E-state index contributed by atoms with van der Waals surface area (Å²) in [6.07, 6.45) is 7.88. The van der Waals surface area contributed by atoms with Crippen LogP contribution in [0, 0.1) is 5.92 Å². The maximum absolute atomic E-state index is 12.4. The summed E-state index contributed by atoms with van der Waals surface area (Å²) in [6, 6.07) is 2.13. The monoisotopic (exact) mass is 273 g/mol. The number of anilines is 1. The van der Waals surface area contributed by atoms with E-state index < -0.39 is 0 Å². The smallest absolute Gasteiger partial charge is 0.228 e. The third-order valence-electron chi connectivity index (χ3n) is 3.65. The molecule has 3 rings (SSSR count). The number of rotatable bonds is 3. The molecule has 1 N–H and O–H groups in total. The molecule has 0 bridgehead atoms. The Morgan fingerprint density at radius 2 is 2.16 bits per heavy atom. The second-order valence-electron chi connectivity index (χ2n) is 4.82. The minimum Gasteiger partial charge on any atom is -0.323 e. The summed E-state index contributed by atoms with van der Waals surface area (Å²) >= 11 is 1.69. The number of nitrogens with one attached hydrogen (secondary N) is 1. The highest BCUT2D eigenvalue weighted by molar-refractivity contribution is 7.08. The van der Waals surface area contributed by atoms with E-state index in [2.05, 4.69) is 32.1 Å². The predicted octanol–water partition coefficient (Wildman–Crippen LogP) is 3.06. The van der Waals surface area contributed by atoms with E-state index in [1.807, 2.05) is 0 Å². The number of aromatic nitrogens is 2. The summed E-state index contributed by atoms with van der Waals surface area (Å²) in [5, 5.41) is 7.15. The summed E-state index contributed by atoms with van der Waals surface area (Å²) in [5.74, 6) is 0.509. The van der Waals surface area contributed by atoms with Crippen molar-refractivity contribution in [2.75, 3.05) is 5.32 Å². The molecular weight excluding hydrogens is 258 g/mol. The molecule has 1 aliphatic rings. The first-order chi connectivity index (χ1) is 9.34. The Hall–Kier alpha value is -1.75. The van der Waals surface area contributed by atoms with E-state index in [4.69, 9.17) is 0 Å². The summed E-state index contributed by atoms with van der Waals surface area (Å²) in [7, 11) is 0. The van der Waals surface area contributed by atoms with E-state index in [1.54, 1.807) is 23.7 Å². The fourth-order valence-corrected chi connectivity index (χ4v) is 3.48. The molecule has 0 saturated heterocycles. The molecule has 5 heteroatoms. The average molecular weight is 273 g/mol. The number of carbonyl (C=O) groups is 1. The van der Waals surface area contributed by atoms with Gasteiger partial charge in [0, 0.05) is 5.92 Å². The highest BCUT2D eigenvalue weighted by Crippen LogP contribution is 2.40. The van der Waals surface area contributed by atoms with Crippen molar-refractivity contribution in [2.45, 2.75) is 25.2 Å². The van der Waals surface area contributed by atoms with Crippen LogP contribution in [0.3, 0.4) is 0 Å². The minimum absolute atomic E-state index is 0.0646. The lowest BCUT2D eigenvalue weighted by Crippen LogP contribution is -2.24. The molecule has 1 aliphatic carbocycles. The van der Waals surface area contributed by atoms with Gasteiger partial charge in [0.1, 0.15) is 6.33 Å². The Balaban J connectivity index is 1.72. The van der Waals surface area contributed by atoms with Crippen molar-refractivity contribution in [3.05, 3.63) is 41.1 Å². The van der Waals surface area contributed by atoms with Crippen molar-refractivity contribution >= 4 is 22.9 Å². The van der Waals surface area contributed by atoms with Crippen LogP contribution in [-0.4, -0.2) is 15.9 Å². The van der Waals surface area contributed by atoms with Gasteiger partial charge in [0.15, 0.2) is 0 Å². The molecule has 0 aromatic carbocycles. The molecule has 2 aromatic rings. The summed E-state index contributed by atoms with van der Waals surface area (Å²) in [4.78, 5) is 20.2. The van der Waals surface area contributed by atoms with E-state index in [9.17, 15) is 4.79 Å². The van der Waals surface area contributed by atoms with Crippen LogP contribution in [0.2, 0.25) is 0 Å². The first kappa shape index (κ1) is 12.3. The predicted molar refractivity (Wildman–Crippen MR) is 75.1 cm³/mol. The van der Waals surface area contributed by atoms with Gasteiger partial charge in [-0.1, -0.05) is 6.42 Å². The van der Waals surface area contributed by atoms with Gasteiger partial charge >= 0.3 is 0 Å². The van der Waals surface area contributed by atoms with Crippen molar-refractivity contribution in [1.82, 2.24) is 9.97 Å². The number of thiophene rings is 1. The Morgan fingerprint density at radius 1 is 1.32 bits per heavy atom. The molecular formula is C14H15N3OS. The SMILES string of the molecule is O=C(Nc1cncnc1)[C@H]1CCC[C@H]1c1ccsc1. The Labute approximate surface area is 115 Å². The number of carbonyl (C=O) groups excluding carboxylic acids is 1. The van der Waals surface area contributed by atoms with Gasteiger partial charge in [0.05, 0.1) is 18.1 Å². The number of amides is 1. The molecule has 0 spiro atoms. The van der Waals surface area contributed by atoms with E-state index in [-0.39, 0.29) is 11.8 Å². The van der Waals surface area contributed by atoms with Gasteiger partial charge < -0.3 is 5.32 Å². The lowest BCUT2D eigenvalue weighted by Gasteiger charge is -2.18. The topological polar surface area (TPSA) is 54.9 Å². The molecule has 0 aliphatic heterocycles. The van der Waals surface area contributed by atoms with Crippen molar-refractivity contribution < 1.29 is 4.79 Å². The maximum Gasteiger partial charge on any atom is 0.228 e. The van der Waals surface area contributed by atoms with E-state index in [1.165, 1.54) is 11.9 Å². The van der Waals surface area contributed by atoms with E-state index >= 15 is 0 Å². The van der Waals surface area contributed by atoms with Crippen molar-refractivity contribution in [2.24, 2.45) is 5.92 Å². The third kappa shape index (κ3) is 2.66. The van der Waals surface area contributed by atoms with Gasteiger partial charge in [-0.2, -0.15) is 11.3 Å². The quantitative estimate of drug-likeness (QED) is 0.935. The Bertz CT molecular complexity index is 541. The van der Waals surface area contributed by atoms with Crippen LogP contribution in [0.5, 0.6) is 0 Å². The second-order valence-corrected chi connectivity index (χ2v) is 5.60. The molecule has 0 unspecified atom stereocenters. The van der Waals surface area contributed by atoms with E-state index in [0.717, 1.165) is 19.3 Å². The van der Waals surface area contributed by atoms with Crippen LogP contribution < -0.4 is 5.32 Å². The molecule has 1 amide bonds. The summed E-state index contributed by atoms with van der Waals surface area (Å²) in [6.45, 7) is 0. The number of hydrogen-bond donors (Lipinski definition) is 1. The highest BCUT2D eigenvalue weighted by Gasteiger charge is 2.34. The highest BCUT2D eigenvalue weighted by atomic mass is 32.1. The number of nitrogens with zero attached hydrogens (tertiary/aromatic N) is 2. The molecule has 1 saturated carbocycles. The molecule has 2 aromatic heterocycles. The lowest BCUT2D eigenvalue weighted by molar-refractivity contribution is -0.120. The lowest BCUT2D eigenvalue weighted by atomic mass is 9.90. The van der Waals surface area contributed by atoms with Crippen LogP contribution >= 0.6 is 11.3 Å². The molecule has 1 fully saturated rings. The molecule has 4 nitrogen and oxygen atoms in total. The molecule has 2 heterocycles. The minimum atomic E-state index is 0.0646. The van der Waals surface area contributed by atoms with E-state index in [0.29, 0.717) is 11.6 Å². The average Bonchev–Trinajstić information content (AvgIpc) is 3.10. The zero-order valence-electron chi connectivity index (χ0n) is 10.5. The fraction of sp³-hybridized carbons (Fsp3) is 0.357.